The first-order valence-electron chi connectivity index (χ1n) is 8.52. The van der Waals surface area contributed by atoms with Gasteiger partial charge in [-0.3, -0.25) is 0 Å². The summed E-state index contributed by atoms with van der Waals surface area (Å²) < 4.78 is 27.1. The summed E-state index contributed by atoms with van der Waals surface area (Å²) in [5.41, 5.74) is -0.0250. The minimum absolute atomic E-state index is 0.0149. The molecule has 0 saturated carbocycles. The maximum atomic E-state index is 13.5. The van der Waals surface area contributed by atoms with Crippen LogP contribution >= 0.6 is 23.2 Å². The highest BCUT2D eigenvalue weighted by Gasteiger charge is 2.52. The molecule has 0 saturated heterocycles. The fourth-order valence-electron chi connectivity index (χ4n) is 3.07. The minimum Gasteiger partial charge on any atom is -0.478 e. The molecule has 1 aromatic carbocycles. The number of hydrogen-bond donors (Lipinski definition) is 1. The van der Waals surface area contributed by atoms with Crippen LogP contribution in [0.15, 0.2) is 29.8 Å². The van der Waals surface area contributed by atoms with Crippen LogP contribution in [0.4, 0.5) is 0 Å². The summed E-state index contributed by atoms with van der Waals surface area (Å²) in [6.45, 7) is 10.5. The van der Waals surface area contributed by atoms with Crippen LogP contribution in [0.25, 0.3) is 0 Å². The van der Waals surface area contributed by atoms with E-state index in [1.54, 1.807) is 39.0 Å². The van der Waals surface area contributed by atoms with E-state index in [-0.39, 0.29) is 10.6 Å². The van der Waals surface area contributed by atoms with Crippen molar-refractivity contribution in [3.05, 3.63) is 45.5 Å². The van der Waals surface area contributed by atoms with E-state index in [0.29, 0.717) is 10.6 Å². The number of benzene rings is 1. The number of aliphatic carboxylic acids is 1. The Morgan fingerprint density at radius 1 is 1.07 bits per heavy atom. The number of hydrogen-bond acceptors (Lipinski definition) is 3. The maximum absolute atomic E-state index is 13.5. The molecule has 2 rings (SSSR count). The number of carboxylic acid groups (broad SMARTS) is 1. The second kappa shape index (κ2) is 7.07. The van der Waals surface area contributed by atoms with Crippen LogP contribution in [-0.4, -0.2) is 34.6 Å². The van der Waals surface area contributed by atoms with Gasteiger partial charge in [0.1, 0.15) is 0 Å². The van der Waals surface area contributed by atoms with Gasteiger partial charge < -0.3 is 5.11 Å². The van der Waals surface area contributed by atoms with Gasteiger partial charge in [-0.15, -0.1) is 0 Å². The Morgan fingerprint density at radius 2 is 1.63 bits per heavy atom. The SMILES string of the molecule is CC(C)(C)C1C=C(C(=O)O)C(c2ccc(Cl)c(Cl)c2)N1S(=O)(=O)C(C)(C)C. The number of carbonyl (C=O) groups is 1. The Hall–Kier alpha value is -1.08. The lowest BCUT2D eigenvalue weighted by Gasteiger charge is -2.40. The Kier molecular flexibility index (Phi) is 5.81. The number of rotatable bonds is 3. The van der Waals surface area contributed by atoms with Crippen LogP contribution in [0, 0.1) is 5.41 Å². The standard InChI is InChI=1S/C19H25Cl2NO4S/c1-18(2,3)15-10-12(17(23)24)16(11-7-8-13(20)14(21)9-11)22(15)27(25,26)19(4,5)6/h7-10,15-16H,1-6H3,(H,23,24). The quantitative estimate of drug-likeness (QED) is 0.734. The summed E-state index contributed by atoms with van der Waals surface area (Å²) in [5, 5.41) is 10.3. The van der Waals surface area contributed by atoms with Crippen molar-refractivity contribution >= 4 is 39.2 Å². The molecule has 1 aliphatic rings. The molecule has 0 bridgehead atoms. The summed E-state index contributed by atoms with van der Waals surface area (Å²) in [4.78, 5) is 12.0. The topological polar surface area (TPSA) is 74.7 Å². The molecule has 0 fully saturated rings. The fraction of sp³-hybridized carbons (Fsp3) is 0.526. The van der Waals surface area contributed by atoms with E-state index in [9.17, 15) is 18.3 Å². The highest BCUT2D eigenvalue weighted by atomic mass is 35.5. The highest BCUT2D eigenvalue weighted by molar-refractivity contribution is 7.90. The van der Waals surface area contributed by atoms with E-state index in [1.165, 1.54) is 10.4 Å². The zero-order chi connectivity index (χ0) is 20.9. The van der Waals surface area contributed by atoms with Crippen LogP contribution in [0.1, 0.15) is 53.1 Å². The number of nitrogens with zero attached hydrogens (tertiary/aromatic N) is 1. The molecule has 0 amide bonds. The van der Waals surface area contributed by atoms with E-state index in [4.69, 9.17) is 23.2 Å². The molecule has 0 spiro atoms. The Balaban J connectivity index is 2.79. The summed E-state index contributed by atoms with van der Waals surface area (Å²) in [5.74, 6) is -1.16. The van der Waals surface area contributed by atoms with E-state index in [1.807, 2.05) is 20.8 Å². The predicted molar refractivity (Wildman–Crippen MR) is 109 cm³/mol. The number of halogens is 2. The number of carboxylic acids is 1. The summed E-state index contributed by atoms with van der Waals surface area (Å²) >= 11 is 12.1. The molecule has 2 atom stereocenters. The monoisotopic (exact) mass is 433 g/mol. The summed E-state index contributed by atoms with van der Waals surface area (Å²) in [7, 11) is -3.85. The molecule has 27 heavy (non-hydrogen) atoms. The molecule has 1 N–H and O–H groups in total. The predicted octanol–water partition coefficient (Wildman–Crippen LogP) is 4.90. The van der Waals surface area contributed by atoms with Crippen molar-refractivity contribution in [1.29, 1.82) is 0 Å². The van der Waals surface area contributed by atoms with Crippen molar-refractivity contribution in [2.75, 3.05) is 0 Å². The average Bonchev–Trinajstić information content (AvgIpc) is 2.90. The molecule has 0 aromatic heterocycles. The lowest BCUT2D eigenvalue weighted by molar-refractivity contribution is -0.133. The van der Waals surface area contributed by atoms with Gasteiger partial charge in [0, 0.05) is 6.04 Å². The van der Waals surface area contributed by atoms with E-state index in [0.717, 1.165) is 0 Å². The maximum Gasteiger partial charge on any atom is 0.333 e. The van der Waals surface area contributed by atoms with Crippen LogP contribution in [0.2, 0.25) is 10.0 Å². The third kappa shape index (κ3) is 4.04. The molecule has 1 aromatic rings. The lowest BCUT2D eigenvalue weighted by Crippen LogP contribution is -2.51. The van der Waals surface area contributed by atoms with Crippen molar-refractivity contribution in [1.82, 2.24) is 4.31 Å². The zero-order valence-corrected chi connectivity index (χ0v) is 18.6. The third-order valence-corrected chi connectivity index (χ3v) is 7.89. The Labute approximate surface area is 171 Å². The van der Waals surface area contributed by atoms with Crippen molar-refractivity contribution in [2.45, 2.75) is 58.4 Å². The second-order valence-corrected chi connectivity index (χ2v) is 12.2. The highest BCUT2D eigenvalue weighted by Crippen LogP contribution is 2.47. The van der Waals surface area contributed by atoms with Crippen molar-refractivity contribution < 1.29 is 18.3 Å². The molecule has 0 radical (unpaired) electrons. The molecule has 5 nitrogen and oxygen atoms in total. The van der Waals surface area contributed by atoms with Crippen molar-refractivity contribution in [3.8, 4) is 0 Å². The van der Waals surface area contributed by atoms with Crippen LogP contribution in [0.3, 0.4) is 0 Å². The normalized spacial score (nSPS) is 22.0. The molecule has 8 heteroatoms. The summed E-state index contributed by atoms with van der Waals surface area (Å²) in [6, 6.07) is 3.09. The molecule has 1 aliphatic heterocycles. The molecule has 0 aliphatic carbocycles. The molecule has 150 valence electrons. The largest absolute Gasteiger partial charge is 0.478 e. The first-order valence-corrected chi connectivity index (χ1v) is 10.7. The van der Waals surface area contributed by atoms with Gasteiger partial charge >= 0.3 is 5.97 Å². The van der Waals surface area contributed by atoms with Gasteiger partial charge in [-0.2, -0.15) is 4.31 Å². The van der Waals surface area contributed by atoms with Gasteiger partial charge in [0.05, 0.1) is 26.4 Å². The average molecular weight is 434 g/mol. The van der Waals surface area contributed by atoms with Crippen LogP contribution < -0.4 is 0 Å². The smallest absolute Gasteiger partial charge is 0.333 e. The zero-order valence-electron chi connectivity index (χ0n) is 16.2. The van der Waals surface area contributed by atoms with Crippen molar-refractivity contribution in [3.63, 3.8) is 0 Å². The van der Waals surface area contributed by atoms with Gasteiger partial charge in [0.15, 0.2) is 0 Å². The fourth-order valence-corrected chi connectivity index (χ4v) is 5.19. The molecular formula is C19H25Cl2NO4S. The number of sulfonamides is 1. The molecular weight excluding hydrogens is 409 g/mol. The molecule has 2 unspecified atom stereocenters. The minimum atomic E-state index is -3.85. The van der Waals surface area contributed by atoms with Gasteiger partial charge in [0.25, 0.3) is 0 Å². The van der Waals surface area contributed by atoms with E-state index < -0.39 is 38.2 Å². The molecule has 1 heterocycles. The van der Waals surface area contributed by atoms with Crippen LogP contribution in [-0.2, 0) is 14.8 Å². The van der Waals surface area contributed by atoms with E-state index >= 15 is 0 Å². The van der Waals surface area contributed by atoms with Gasteiger partial charge in [-0.05, 0) is 43.9 Å². The first kappa shape index (κ1) is 22.2. The van der Waals surface area contributed by atoms with E-state index in [2.05, 4.69) is 0 Å². The van der Waals surface area contributed by atoms with Crippen LogP contribution in [0.5, 0.6) is 0 Å². The van der Waals surface area contributed by atoms with Gasteiger partial charge in [-0.25, -0.2) is 13.2 Å². The second-order valence-electron chi connectivity index (χ2n) is 8.76. The van der Waals surface area contributed by atoms with Crippen molar-refractivity contribution in [2.24, 2.45) is 5.41 Å². The third-order valence-electron chi connectivity index (χ3n) is 4.61. The van der Waals surface area contributed by atoms with Gasteiger partial charge in [0.2, 0.25) is 10.0 Å². The Bertz CT molecular complexity index is 895. The summed E-state index contributed by atoms with van der Waals surface area (Å²) in [6.07, 6.45) is 1.54. The lowest BCUT2D eigenvalue weighted by atomic mass is 9.87. The first-order chi connectivity index (χ1) is 12.1. The Morgan fingerprint density at radius 3 is 2.04 bits per heavy atom. The van der Waals surface area contributed by atoms with Gasteiger partial charge in [-0.1, -0.05) is 56.1 Å².